The quantitative estimate of drug-likeness (QED) is 0.911. The highest BCUT2D eigenvalue weighted by Gasteiger charge is 2.24. The molecule has 1 heterocycles. The molecule has 0 fully saturated rings. The van der Waals surface area contributed by atoms with Crippen molar-refractivity contribution >= 4 is 22.7 Å². The summed E-state index contributed by atoms with van der Waals surface area (Å²) in [5.41, 5.74) is 4.85. The summed E-state index contributed by atoms with van der Waals surface area (Å²) in [4.78, 5) is 29.3. The SMILES string of the molecule is CNC(=O)C[C@H](C)N(C)C(=O)c1[nH]c2c(C)ccc(C)c2c1C. The zero-order valence-electron chi connectivity index (χ0n) is 14.7. The number of hydrogen-bond donors (Lipinski definition) is 2. The lowest BCUT2D eigenvalue weighted by molar-refractivity contribution is -0.121. The Kier molecular flexibility index (Phi) is 4.78. The Hall–Kier alpha value is -2.30. The molecule has 23 heavy (non-hydrogen) atoms. The van der Waals surface area contributed by atoms with E-state index in [-0.39, 0.29) is 24.3 Å². The number of nitrogens with one attached hydrogen (secondary N) is 2. The van der Waals surface area contributed by atoms with E-state index in [1.54, 1.807) is 19.0 Å². The molecule has 0 radical (unpaired) electrons. The number of rotatable bonds is 4. The second-order valence-electron chi connectivity index (χ2n) is 6.22. The summed E-state index contributed by atoms with van der Waals surface area (Å²) in [6, 6.07) is 3.96. The number of amides is 2. The molecule has 1 aromatic carbocycles. The Bertz CT molecular complexity index is 761. The summed E-state index contributed by atoms with van der Waals surface area (Å²) in [6.07, 6.45) is 0.288. The van der Waals surface area contributed by atoms with Crippen LogP contribution in [0, 0.1) is 20.8 Å². The number of carbonyl (C=O) groups excluding carboxylic acids is 2. The summed E-state index contributed by atoms with van der Waals surface area (Å²) in [6.45, 7) is 7.93. The molecule has 124 valence electrons. The summed E-state index contributed by atoms with van der Waals surface area (Å²) in [7, 11) is 3.34. The fraction of sp³-hybridized carbons (Fsp3) is 0.444. The van der Waals surface area contributed by atoms with Gasteiger partial charge in [-0.1, -0.05) is 12.1 Å². The van der Waals surface area contributed by atoms with E-state index >= 15 is 0 Å². The molecule has 1 aromatic heterocycles. The van der Waals surface area contributed by atoms with Gasteiger partial charge in [-0.2, -0.15) is 0 Å². The number of fused-ring (bicyclic) bond motifs is 1. The third-order valence-electron chi connectivity index (χ3n) is 4.58. The number of aromatic amines is 1. The van der Waals surface area contributed by atoms with Crippen LogP contribution < -0.4 is 5.32 Å². The number of benzene rings is 1. The molecule has 0 aliphatic heterocycles. The molecule has 2 aromatic rings. The van der Waals surface area contributed by atoms with E-state index in [1.807, 2.05) is 20.8 Å². The van der Waals surface area contributed by atoms with Crippen molar-refractivity contribution in [2.75, 3.05) is 14.1 Å². The van der Waals surface area contributed by atoms with Crippen LogP contribution in [0.2, 0.25) is 0 Å². The molecule has 0 aliphatic carbocycles. The summed E-state index contributed by atoms with van der Waals surface area (Å²) < 4.78 is 0. The van der Waals surface area contributed by atoms with E-state index in [9.17, 15) is 9.59 Å². The van der Waals surface area contributed by atoms with Crippen molar-refractivity contribution in [2.45, 2.75) is 40.2 Å². The standard InChI is InChI=1S/C18H25N3O2/c1-10-7-8-11(2)16-15(10)13(4)17(20-16)18(23)21(6)12(3)9-14(22)19-5/h7-8,12,20H,9H2,1-6H3,(H,19,22)/t12-/m0/s1. The molecule has 5 nitrogen and oxygen atoms in total. The van der Waals surface area contributed by atoms with Crippen LogP contribution in [-0.2, 0) is 4.79 Å². The second kappa shape index (κ2) is 6.44. The molecule has 0 saturated carbocycles. The smallest absolute Gasteiger partial charge is 0.270 e. The number of nitrogens with zero attached hydrogens (tertiary/aromatic N) is 1. The lowest BCUT2D eigenvalue weighted by Crippen LogP contribution is -2.38. The second-order valence-corrected chi connectivity index (χ2v) is 6.22. The van der Waals surface area contributed by atoms with Crippen LogP contribution in [0.1, 0.15) is 40.5 Å². The molecule has 1 atom stereocenters. The first-order valence-electron chi connectivity index (χ1n) is 7.84. The largest absolute Gasteiger partial charge is 0.359 e. The van der Waals surface area contributed by atoms with Crippen LogP contribution >= 0.6 is 0 Å². The van der Waals surface area contributed by atoms with Crippen LogP contribution in [0.3, 0.4) is 0 Å². The van der Waals surface area contributed by atoms with Crippen molar-refractivity contribution in [1.82, 2.24) is 15.2 Å². The van der Waals surface area contributed by atoms with Gasteiger partial charge in [-0.25, -0.2) is 0 Å². The van der Waals surface area contributed by atoms with Crippen molar-refractivity contribution in [3.05, 3.63) is 34.5 Å². The molecule has 0 bridgehead atoms. The van der Waals surface area contributed by atoms with Crippen molar-refractivity contribution < 1.29 is 9.59 Å². The summed E-state index contributed by atoms with van der Waals surface area (Å²) in [5, 5.41) is 3.70. The first-order chi connectivity index (χ1) is 10.8. The third kappa shape index (κ3) is 3.09. The summed E-state index contributed by atoms with van der Waals surface area (Å²) in [5.74, 6) is -0.161. The van der Waals surface area contributed by atoms with E-state index in [0.717, 1.165) is 27.6 Å². The van der Waals surface area contributed by atoms with E-state index < -0.39 is 0 Å². The molecule has 5 heteroatoms. The fourth-order valence-electron chi connectivity index (χ4n) is 2.90. The van der Waals surface area contributed by atoms with E-state index in [4.69, 9.17) is 0 Å². The van der Waals surface area contributed by atoms with Crippen LogP contribution in [0.15, 0.2) is 12.1 Å². The number of carbonyl (C=O) groups is 2. The van der Waals surface area contributed by atoms with E-state index in [0.29, 0.717) is 5.69 Å². The van der Waals surface area contributed by atoms with Crippen LogP contribution in [0.25, 0.3) is 10.9 Å². The molecule has 2 amide bonds. The first kappa shape index (κ1) is 17.1. The van der Waals surface area contributed by atoms with Crippen molar-refractivity contribution in [3.63, 3.8) is 0 Å². The number of aromatic nitrogens is 1. The Morgan fingerprint density at radius 3 is 2.39 bits per heavy atom. The average molecular weight is 315 g/mol. The van der Waals surface area contributed by atoms with E-state index in [1.165, 1.54) is 0 Å². The van der Waals surface area contributed by atoms with Gasteiger partial charge in [-0.05, 0) is 44.4 Å². The van der Waals surface area contributed by atoms with Crippen LogP contribution in [0.5, 0.6) is 0 Å². The molecule has 0 unspecified atom stereocenters. The van der Waals surface area contributed by atoms with Crippen molar-refractivity contribution in [2.24, 2.45) is 0 Å². The van der Waals surface area contributed by atoms with Gasteiger partial charge in [0.25, 0.3) is 5.91 Å². The number of aryl methyl sites for hydroxylation is 3. The van der Waals surface area contributed by atoms with Crippen LogP contribution in [0.4, 0.5) is 0 Å². The number of H-pyrrole nitrogens is 1. The van der Waals surface area contributed by atoms with Gasteiger partial charge in [0.15, 0.2) is 0 Å². The van der Waals surface area contributed by atoms with Gasteiger partial charge in [0.2, 0.25) is 5.91 Å². The predicted molar refractivity (Wildman–Crippen MR) is 92.7 cm³/mol. The predicted octanol–water partition coefficient (Wildman–Crippen LogP) is 2.69. The van der Waals surface area contributed by atoms with Gasteiger partial charge in [0, 0.05) is 37.5 Å². The Balaban J connectivity index is 2.38. The molecule has 0 spiro atoms. The van der Waals surface area contributed by atoms with Gasteiger partial charge < -0.3 is 15.2 Å². The van der Waals surface area contributed by atoms with Crippen LogP contribution in [-0.4, -0.2) is 41.8 Å². The molecule has 0 saturated heterocycles. The first-order valence-corrected chi connectivity index (χ1v) is 7.84. The maximum Gasteiger partial charge on any atom is 0.270 e. The Morgan fingerprint density at radius 2 is 1.83 bits per heavy atom. The van der Waals surface area contributed by atoms with Gasteiger partial charge in [-0.3, -0.25) is 9.59 Å². The van der Waals surface area contributed by atoms with E-state index in [2.05, 4.69) is 29.4 Å². The zero-order chi connectivity index (χ0) is 17.3. The number of hydrogen-bond acceptors (Lipinski definition) is 2. The molecular weight excluding hydrogens is 290 g/mol. The lowest BCUT2D eigenvalue weighted by atomic mass is 10.0. The van der Waals surface area contributed by atoms with Gasteiger partial charge in [-0.15, -0.1) is 0 Å². The third-order valence-corrected chi connectivity index (χ3v) is 4.58. The monoisotopic (exact) mass is 315 g/mol. The van der Waals surface area contributed by atoms with Gasteiger partial charge in [0.1, 0.15) is 5.69 Å². The minimum Gasteiger partial charge on any atom is -0.359 e. The maximum atomic E-state index is 12.8. The van der Waals surface area contributed by atoms with Gasteiger partial charge >= 0.3 is 0 Å². The lowest BCUT2D eigenvalue weighted by Gasteiger charge is -2.24. The minimum absolute atomic E-state index is 0.0720. The topological polar surface area (TPSA) is 65.2 Å². The maximum absolute atomic E-state index is 12.8. The highest BCUT2D eigenvalue weighted by molar-refractivity contribution is 6.02. The molecule has 2 rings (SSSR count). The normalized spacial score (nSPS) is 12.3. The van der Waals surface area contributed by atoms with Crippen molar-refractivity contribution in [3.8, 4) is 0 Å². The fourth-order valence-corrected chi connectivity index (χ4v) is 2.90. The average Bonchev–Trinajstić information content (AvgIpc) is 2.88. The van der Waals surface area contributed by atoms with Crippen molar-refractivity contribution in [1.29, 1.82) is 0 Å². The Morgan fingerprint density at radius 1 is 1.22 bits per heavy atom. The molecular formula is C18H25N3O2. The highest BCUT2D eigenvalue weighted by atomic mass is 16.2. The highest BCUT2D eigenvalue weighted by Crippen LogP contribution is 2.28. The minimum atomic E-state index is -0.171. The van der Waals surface area contributed by atoms with Gasteiger partial charge in [0.05, 0.1) is 0 Å². The summed E-state index contributed by atoms with van der Waals surface area (Å²) >= 11 is 0. The molecule has 0 aliphatic rings. The zero-order valence-corrected chi connectivity index (χ0v) is 14.7. The Labute approximate surface area is 137 Å². The molecule has 2 N–H and O–H groups in total.